The van der Waals surface area contributed by atoms with Crippen molar-refractivity contribution in [2.24, 2.45) is 0 Å². The molecule has 2 rings (SSSR count). The van der Waals surface area contributed by atoms with Crippen LogP contribution in [0.1, 0.15) is 16.1 Å². The molecule has 8 heteroatoms. The largest absolute Gasteiger partial charge is 0.494 e. The zero-order valence-corrected chi connectivity index (χ0v) is 13.5. The lowest BCUT2D eigenvalue weighted by atomic mass is 10.2. The highest BCUT2D eigenvalue weighted by Gasteiger charge is 2.18. The molecule has 0 spiro atoms. The van der Waals surface area contributed by atoms with Gasteiger partial charge in [0.05, 0.1) is 22.2 Å². The molecule has 22 heavy (non-hydrogen) atoms. The lowest BCUT2D eigenvalue weighted by molar-refractivity contribution is 0.0465. The molecule has 1 aromatic carbocycles. The summed E-state index contributed by atoms with van der Waals surface area (Å²) in [5.41, 5.74) is 0.285. The molecule has 0 saturated carbocycles. The van der Waals surface area contributed by atoms with Gasteiger partial charge in [-0.2, -0.15) is 0 Å². The van der Waals surface area contributed by atoms with Gasteiger partial charge in [0.1, 0.15) is 6.61 Å². The molecule has 0 unspecified atom stereocenters. The third-order valence-corrected chi connectivity index (χ3v) is 3.94. The van der Waals surface area contributed by atoms with Gasteiger partial charge in [-0.1, -0.05) is 40.9 Å². The summed E-state index contributed by atoms with van der Waals surface area (Å²) in [4.78, 5) is 15.7. The Balaban J connectivity index is 2.10. The summed E-state index contributed by atoms with van der Waals surface area (Å²) >= 11 is 17.4. The third kappa shape index (κ3) is 3.61. The lowest BCUT2D eigenvalue weighted by Crippen LogP contribution is -2.08. The standard InChI is InChI=1S/C14H9Cl3FNO3/c1-21-10-3-2-7(4-9(10)18)6-22-14(20)13-12(17)11(16)8(15)5-19-13/h2-5H,6H2,1H3. The average Bonchev–Trinajstić information content (AvgIpc) is 2.50. The van der Waals surface area contributed by atoms with Crippen molar-refractivity contribution in [1.29, 1.82) is 0 Å². The van der Waals surface area contributed by atoms with Crippen molar-refractivity contribution in [3.8, 4) is 5.75 Å². The molecule has 0 radical (unpaired) electrons. The number of rotatable bonds is 4. The second kappa shape index (κ2) is 7.13. The maximum absolute atomic E-state index is 13.5. The Labute approximate surface area is 140 Å². The quantitative estimate of drug-likeness (QED) is 0.747. The molecule has 0 aliphatic heterocycles. The van der Waals surface area contributed by atoms with Gasteiger partial charge in [0.2, 0.25) is 0 Å². The van der Waals surface area contributed by atoms with Gasteiger partial charge in [0.25, 0.3) is 0 Å². The van der Waals surface area contributed by atoms with Crippen molar-refractivity contribution in [1.82, 2.24) is 4.98 Å². The number of pyridine rings is 1. The molecule has 1 heterocycles. The molecule has 2 aromatic rings. The second-order valence-electron chi connectivity index (χ2n) is 4.13. The van der Waals surface area contributed by atoms with Crippen LogP contribution in [0.3, 0.4) is 0 Å². The Kier molecular flexibility index (Phi) is 5.45. The summed E-state index contributed by atoms with van der Waals surface area (Å²) in [6.45, 7) is -0.155. The van der Waals surface area contributed by atoms with E-state index in [1.54, 1.807) is 6.07 Å². The molecule has 0 aliphatic rings. The van der Waals surface area contributed by atoms with E-state index in [9.17, 15) is 9.18 Å². The highest BCUT2D eigenvalue weighted by Crippen LogP contribution is 2.31. The van der Waals surface area contributed by atoms with Crippen molar-refractivity contribution in [3.05, 3.63) is 56.5 Å². The van der Waals surface area contributed by atoms with Crippen LogP contribution in [0, 0.1) is 5.82 Å². The zero-order valence-electron chi connectivity index (χ0n) is 11.2. The fraction of sp³-hybridized carbons (Fsp3) is 0.143. The molecule has 0 atom stereocenters. The molecule has 0 aliphatic carbocycles. The van der Waals surface area contributed by atoms with E-state index in [-0.39, 0.29) is 33.1 Å². The van der Waals surface area contributed by atoms with E-state index in [2.05, 4.69) is 4.98 Å². The number of nitrogens with zero attached hydrogens (tertiary/aromatic N) is 1. The zero-order chi connectivity index (χ0) is 16.3. The molecule has 0 saturated heterocycles. The van der Waals surface area contributed by atoms with Crippen molar-refractivity contribution < 1.29 is 18.7 Å². The number of benzene rings is 1. The Hall–Kier alpha value is -1.56. The summed E-state index contributed by atoms with van der Waals surface area (Å²) in [6, 6.07) is 4.21. The van der Waals surface area contributed by atoms with Gasteiger partial charge in [-0.3, -0.25) is 0 Å². The van der Waals surface area contributed by atoms with Crippen LogP contribution >= 0.6 is 34.8 Å². The van der Waals surface area contributed by atoms with E-state index in [1.165, 1.54) is 25.4 Å². The number of methoxy groups -OCH3 is 1. The number of halogens is 4. The molecular formula is C14H9Cl3FNO3. The summed E-state index contributed by atoms with van der Waals surface area (Å²) < 4.78 is 23.3. The predicted molar refractivity (Wildman–Crippen MR) is 81.3 cm³/mol. The van der Waals surface area contributed by atoms with Gasteiger partial charge in [-0.05, 0) is 17.7 Å². The average molecular weight is 365 g/mol. The number of hydrogen-bond acceptors (Lipinski definition) is 4. The summed E-state index contributed by atoms with van der Waals surface area (Å²) in [5.74, 6) is -1.24. The molecule has 0 amide bonds. The minimum atomic E-state index is -0.792. The van der Waals surface area contributed by atoms with Crippen LogP contribution in [0.5, 0.6) is 5.75 Å². The van der Waals surface area contributed by atoms with Crippen molar-refractivity contribution >= 4 is 40.8 Å². The van der Waals surface area contributed by atoms with Crippen LogP contribution in [0.4, 0.5) is 4.39 Å². The SMILES string of the molecule is COc1ccc(COC(=O)c2ncc(Cl)c(Cl)c2Cl)cc1F. The van der Waals surface area contributed by atoms with Crippen LogP contribution < -0.4 is 4.74 Å². The number of esters is 1. The topological polar surface area (TPSA) is 48.4 Å². The van der Waals surface area contributed by atoms with Crippen molar-refractivity contribution in [3.63, 3.8) is 0 Å². The first kappa shape index (κ1) is 16.8. The van der Waals surface area contributed by atoms with E-state index in [1.807, 2.05) is 0 Å². The van der Waals surface area contributed by atoms with Gasteiger partial charge < -0.3 is 9.47 Å². The number of ether oxygens (including phenoxy) is 2. The molecule has 116 valence electrons. The fourth-order valence-electron chi connectivity index (χ4n) is 1.60. The number of aromatic nitrogens is 1. The van der Waals surface area contributed by atoms with Gasteiger partial charge in [-0.25, -0.2) is 14.2 Å². The molecule has 0 bridgehead atoms. The first-order valence-electron chi connectivity index (χ1n) is 5.93. The monoisotopic (exact) mass is 363 g/mol. The van der Waals surface area contributed by atoms with E-state index < -0.39 is 11.8 Å². The smallest absolute Gasteiger partial charge is 0.358 e. The van der Waals surface area contributed by atoms with Crippen molar-refractivity contribution in [2.45, 2.75) is 6.61 Å². The highest BCUT2D eigenvalue weighted by atomic mass is 35.5. The number of carbonyl (C=O) groups excluding carboxylic acids is 1. The summed E-state index contributed by atoms with van der Waals surface area (Å²) in [5, 5.41) is 0.0429. The number of carbonyl (C=O) groups is 1. The van der Waals surface area contributed by atoms with E-state index in [4.69, 9.17) is 44.3 Å². The Morgan fingerprint density at radius 2 is 2.00 bits per heavy atom. The van der Waals surface area contributed by atoms with Gasteiger partial charge in [0, 0.05) is 6.20 Å². The predicted octanol–water partition coefficient (Wildman–Crippen LogP) is 4.55. The van der Waals surface area contributed by atoms with Crippen LogP contribution in [0.25, 0.3) is 0 Å². The van der Waals surface area contributed by atoms with Gasteiger partial charge in [-0.15, -0.1) is 0 Å². The van der Waals surface area contributed by atoms with E-state index >= 15 is 0 Å². The molecule has 0 fully saturated rings. The molecule has 1 aromatic heterocycles. The first-order valence-corrected chi connectivity index (χ1v) is 7.06. The minimum Gasteiger partial charge on any atom is -0.494 e. The third-order valence-electron chi connectivity index (χ3n) is 2.70. The maximum Gasteiger partial charge on any atom is 0.358 e. The van der Waals surface area contributed by atoms with E-state index in [0.717, 1.165) is 0 Å². The molecular weight excluding hydrogens is 356 g/mol. The van der Waals surface area contributed by atoms with Gasteiger partial charge in [0.15, 0.2) is 17.3 Å². The lowest BCUT2D eigenvalue weighted by Gasteiger charge is -2.08. The molecule has 0 N–H and O–H groups in total. The normalized spacial score (nSPS) is 10.4. The Morgan fingerprint density at radius 1 is 1.27 bits per heavy atom. The maximum atomic E-state index is 13.5. The second-order valence-corrected chi connectivity index (χ2v) is 5.29. The van der Waals surface area contributed by atoms with Crippen LogP contribution in [-0.2, 0) is 11.3 Å². The Morgan fingerprint density at radius 3 is 2.64 bits per heavy atom. The van der Waals surface area contributed by atoms with Crippen LogP contribution in [-0.4, -0.2) is 18.1 Å². The number of hydrogen-bond donors (Lipinski definition) is 0. The highest BCUT2D eigenvalue weighted by molar-refractivity contribution is 6.48. The summed E-state index contributed by atoms with van der Waals surface area (Å²) in [7, 11) is 1.36. The molecule has 4 nitrogen and oxygen atoms in total. The Bertz CT molecular complexity index is 725. The first-order chi connectivity index (χ1) is 10.4. The summed E-state index contributed by atoms with van der Waals surface area (Å²) in [6.07, 6.45) is 1.19. The van der Waals surface area contributed by atoms with Crippen molar-refractivity contribution in [2.75, 3.05) is 7.11 Å². The van der Waals surface area contributed by atoms with E-state index in [0.29, 0.717) is 5.56 Å². The van der Waals surface area contributed by atoms with Gasteiger partial charge >= 0.3 is 5.97 Å². The van der Waals surface area contributed by atoms with Crippen LogP contribution in [0.2, 0.25) is 15.1 Å². The van der Waals surface area contributed by atoms with Crippen LogP contribution in [0.15, 0.2) is 24.4 Å². The minimum absolute atomic E-state index is 0.0146. The fourth-order valence-corrected chi connectivity index (χ4v) is 2.16.